The Morgan fingerprint density at radius 1 is 1.23 bits per heavy atom. The average molecular weight is 427 g/mol. The van der Waals surface area contributed by atoms with Crippen LogP contribution in [0.4, 0.5) is 0 Å². The molecule has 0 saturated heterocycles. The molecule has 0 saturated carbocycles. The van der Waals surface area contributed by atoms with Gasteiger partial charge in [0.1, 0.15) is 0 Å². The second kappa shape index (κ2) is 7.96. The number of aromatic nitrogens is 1. The fraction of sp³-hybridized carbons (Fsp3) is 0.176. The fourth-order valence-electron chi connectivity index (χ4n) is 2.17. The molecule has 136 valence electrons. The summed E-state index contributed by atoms with van der Waals surface area (Å²) in [7, 11) is -3.21. The molecule has 9 heteroatoms. The van der Waals surface area contributed by atoms with E-state index in [-0.39, 0.29) is 16.6 Å². The minimum atomic E-state index is -3.21. The maximum absolute atomic E-state index is 12.0. The van der Waals surface area contributed by atoms with Gasteiger partial charge < -0.3 is 5.32 Å². The number of benzene rings is 2. The Labute approximate surface area is 164 Å². The van der Waals surface area contributed by atoms with Crippen molar-refractivity contribution in [3.8, 4) is 0 Å². The van der Waals surface area contributed by atoms with Gasteiger partial charge in [-0.2, -0.15) is 0 Å². The van der Waals surface area contributed by atoms with Crippen LogP contribution in [0.3, 0.4) is 0 Å². The largest absolute Gasteiger partial charge is 0.351 e. The lowest BCUT2D eigenvalue weighted by Gasteiger charge is -2.05. The van der Waals surface area contributed by atoms with Crippen LogP contribution >= 0.6 is 34.7 Å². The molecule has 0 atom stereocenters. The first-order valence-corrected chi connectivity index (χ1v) is 11.6. The number of thiazole rings is 1. The molecule has 0 aliphatic rings. The van der Waals surface area contributed by atoms with Crippen LogP contribution in [0, 0.1) is 0 Å². The molecule has 0 spiro atoms. The Hall–Kier alpha value is -1.61. The summed E-state index contributed by atoms with van der Waals surface area (Å²) >= 11 is 8.85. The summed E-state index contributed by atoms with van der Waals surface area (Å²) in [6.45, 7) is 0.346. The van der Waals surface area contributed by atoms with E-state index in [1.54, 1.807) is 18.2 Å². The lowest BCUT2D eigenvalue weighted by atomic mass is 10.2. The number of nitrogens with zero attached hydrogens (tertiary/aromatic N) is 1. The SMILES string of the molecule is CS(=O)(=O)c1ccc(CNC(=O)CSc2nc3cc(Cl)ccc3s2)cc1. The van der Waals surface area contributed by atoms with E-state index in [2.05, 4.69) is 10.3 Å². The van der Waals surface area contributed by atoms with Gasteiger partial charge in [0, 0.05) is 17.8 Å². The van der Waals surface area contributed by atoms with E-state index in [9.17, 15) is 13.2 Å². The molecule has 5 nitrogen and oxygen atoms in total. The topological polar surface area (TPSA) is 76.1 Å². The molecule has 0 unspecified atom stereocenters. The monoisotopic (exact) mass is 426 g/mol. The minimum Gasteiger partial charge on any atom is -0.351 e. The van der Waals surface area contributed by atoms with E-state index >= 15 is 0 Å². The van der Waals surface area contributed by atoms with Crippen molar-refractivity contribution in [2.75, 3.05) is 12.0 Å². The predicted octanol–water partition coefficient (Wildman–Crippen LogP) is 3.76. The maximum atomic E-state index is 12.0. The van der Waals surface area contributed by atoms with Crippen molar-refractivity contribution in [1.29, 1.82) is 0 Å². The second-order valence-corrected chi connectivity index (χ2v) is 10.3. The van der Waals surface area contributed by atoms with E-state index in [1.807, 2.05) is 12.1 Å². The first kappa shape index (κ1) is 19.2. The van der Waals surface area contributed by atoms with Gasteiger partial charge >= 0.3 is 0 Å². The molecule has 0 radical (unpaired) electrons. The average Bonchev–Trinajstić information content (AvgIpc) is 2.99. The molecule has 1 N–H and O–H groups in total. The number of rotatable bonds is 6. The highest BCUT2D eigenvalue weighted by molar-refractivity contribution is 8.01. The number of halogens is 1. The van der Waals surface area contributed by atoms with Gasteiger partial charge in [0.15, 0.2) is 14.2 Å². The normalized spacial score (nSPS) is 11.6. The molecular weight excluding hydrogens is 412 g/mol. The summed E-state index contributed by atoms with van der Waals surface area (Å²) in [6, 6.07) is 12.0. The van der Waals surface area contributed by atoms with Crippen molar-refractivity contribution in [2.45, 2.75) is 15.8 Å². The molecule has 1 amide bonds. The number of amides is 1. The Morgan fingerprint density at radius 3 is 2.65 bits per heavy atom. The van der Waals surface area contributed by atoms with Crippen LogP contribution < -0.4 is 5.32 Å². The first-order chi connectivity index (χ1) is 12.3. The molecule has 0 aliphatic carbocycles. The molecular formula is C17H15ClN2O3S3. The Balaban J connectivity index is 1.52. The Kier molecular flexibility index (Phi) is 5.86. The third kappa shape index (κ3) is 4.97. The summed E-state index contributed by atoms with van der Waals surface area (Å²) in [6.07, 6.45) is 1.16. The smallest absolute Gasteiger partial charge is 0.230 e. The molecule has 1 aromatic heterocycles. The third-order valence-corrected chi connectivity index (χ3v) is 7.04. The van der Waals surface area contributed by atoms with Gasteiger partial charge in [-0.3, -0.25) is 4.79 Å². The molecule has 1 heterocycles. The van der Waals surface area contributed by atoms with Crippen molar-refractivity contribution in [3.63, 3.8) is 0 Å². The van der Waals surface area contributed by atoms with Crippen LogP contribution in [0.15, 0.2) is 51.7 Å². The summed E-state index contributed by atoms with van der Waals surface area (Å²) in [5, 5.41) is 3.45. The van der Waals surface area contributed by atoms with Gasteiger partial charge in [0.25, 0.3) is 0 Å². The minimum absolute atomic E-state index is 0.112. The standard InChI is InChI=1S/C17H15ClN2O3S3/c1-26(22,23)13-5-2-11(3-6-13)9-19-16(21)10-24-17-20-14-8-12(18)4-7-15(14)25-17/h2-8H,9-10H2,1H3,(H,19,21). The van der Waals surface area contributed by atoms with Crippen molar-refractivity contribution >= 4 is 60.7 Å². The van der Waals surface area contributed by atoms with E-state index < -0.39 is 9.84 Å². The van der Waals surface area contributed by atoms with Crippen LogP contribution in [-0.4, -0.2) is 31.3 Å². The molecule has 3 rings (SSSR count). The lowest BCUT2D eigenvalue weighted by molar-refractivity contribution is -0.118. The summed E-state index contributed by atoms with van der Waals surface area (Å²) in [5.74, 6) is 0.147. The fourth-order valence-corrected chi connectivity index (χ4v) is 4.85. The quantitative estimate of drug-likeness (QED) is 0.607. The van der Waals surface area contributed by atoms with Crippen LogP contribution in [0.1, 0.15) is 5.56 Å². The zero-order valence-corrected chi connectivity index (χ0v) is 16.9. The number of nitrogens with one attached hydrogen (secondary N) is 1. The lowest BCUT2D eigenvalue weighted by Crippen LogP contribution is -2.24. The number of fused-ring (bicyclic) bond motifs is 1. The summed E-state index contributed by atoms with van der Waals surface area (Å²) < 4.78 is 24.7. The highest BCUT2D eigenvalue weighted by atomic mass is 35.5. The van der Waals surface area contributed by atoms with E-state index in [0.717, 1.165) is 26.4 Å². The van der Waals surface area contributed by atoms with Crippen molar-refractivity contribution in [1.82, 2.24) is 10.3 Å². The summed E-state index contributed by atoms with van der Waals surface area (Å²) in [4.78, 5) is 16.7. The van der Waals surface area contributed by atoms with Gasteiger partial charge in [-0.1, -0.05) is 35.5 Å². The van der Waals surface area contributed by atoms with Gasteiger partial charge in [-0.25, -0.2) is 13.4 Å². The predicted molar refractivity (Wildman–Crippen MR) is 107 cm³/mol. The second-order valence-electron chi connectivity index (χ2n) is 5.57. The number of carbonyl (C=O) groups is 1. The number of thioether (sulfide) groups is 1. The molecule has 26 heavy (non-hydrogen) atoms. The van der Waals surface area contributed by atoms with Crippen LogP contribution in [0.2, 0.25) is 5.02 Å². The Morgan fingerprint density at radius 2 is 1.96 bits per heavy atom. The third-order valence-electron chi connectivity index (χ3n) is 3.50. The molecule has 3 aromatic rings. The van der Waals surface area contributed by atoms with E-state index in [4.69, 9.17) is 11.6 Å². The van der Waals surface area contributed by atoms with Crippen LogP contribution in [0.5, 0.6) is 0 Å². The van der Waals surface area contributed by atoms with E-state index in [0.29, 0.717) is 11.6 Å². The van der Waals surface area contributed by atoms with Gasteiger partial charge in [0.05, 0.1) is 20.9 Å². The van der Waals surface area contributed by atoms with E-state index in [1.165, 1.54) is 35.2 Å². The molecule has 2 aromatic carbocycles. The van der Waals surface area contributed by atoms with Crippen LogP contribution in [0.25, 0.3) is 10.2 Å². The first-order valence-electron chi connectivity index (χ1n) is 7.56. The number of sulfone groups is 1. The molecule has 0 aliphatic heterocycles. The number of hydrogen-bond donors (Lipinski definition) is 1. The molecule has 0 bridgehead atoms. The number of carbonyl (C=O) groups excluding carboxylic acids is 1. The van der Waals surface area contributed by atoms with Gasteiger partial charge in [-0.05, 0) is 35.9 Å². The van der Waals surface area contributed by atoms with Crippen LogP contribution in [-0.2, 0) is 21.2 Å². The highest BCUT2D eigenvalue weighted by Crippen LogP contribution is 2.30. The maximum Gasteiger partial charge on any atom is 0.230 e. The van der Waals surface area contributed by atoms with Crippen molar-refractivity contribution in [2.24, 2.45) is 0 Å². The summed E-state index contributed by atoms with van der Waals surface area (Å²) in [5.41, 5.74) is 1.67. The van der Waals surface area contributed by atoms with Gasteiger partial charge in [-0.15, -0.1) is 11.3 Å². The van der Waals surface area contributed by atoms with Crippen molar-refractivity contribution in [3.05, 3.63) is 53.1 Å². The Bertz CT molecular complexity index is 1050. The highest BCUT2D eigenvalue weighted by Gasteiger charge is 2.09. The van der Waals surface area contributed by atoms with Gasteiger partial charge in [0.2, 0.25) is 5.91 Å². The van der Waals surface area contributed by atoms with Crippen molar-refractivity contribution < 1.29 is 13.2 Å². The zero-order valence-electron chi connectivity index (χ0n) is 13.7. The molecule has 0 fully saturated rings. The number of hydrogen-bond acceptors (Lipinski definition) is 6. The zero-order chi connectivity index (χ0) is 18.7.